The summed E-state index contributed by atoms with van der Waals surface area (Å²) in [7, 11) is 1.68. The zero-order valence-electron chi connectivity index (χ0n) is 11.8. The second-order valence-corrected chi connectivity index (χ2v) is 5.29. The number of aliphatic hydroxyl groups excluding tert-OH is 1. The SMILES string of the molecule is COc1cccc(N2CCC(CO)CC2)c1[C@@H](C)N. The first-order valence-electron chi connectivity index (χ1n) is 6.95. The van der Waals surface area contributed by atoms with Gasteiger partial charge in [0.2, 0.25) is 0 Å². The summed E-state index contributed by atoms with van der Waals surface area (Å²) in [6.07, 6.45) is 2.07. The number of aliphatic hydroxyl groups is 1. The Morgan fingerprint density at radius 1 is 1.42 bits per heavy atom. The molecule has 4 nitrogen and oxygen atoms in total. The molecule has 1 aliphatic heterocycles. The number of rotatable bonds is 4. The molecule has 0 spiro atoms. The van der Waals surface area contributed by atoms with E-state index < -0.39 is 0 Å². The maximum absolute atomic E-state index is 9.21. The van der Waals surface area contributed by atoms with Crippen LogP contribution in [0.25, 0.3) is 0 Å². The van der Waals surface area contributed by atoms with Crippen LogP contribution < -0.4 is 15.4 Å². The first-order valence-corrected chi connectivity index (χ1v) is 6.95. The summed E-state index contributed by atoms with van der Waals surface area (Å²) in [5.41, 5.74) is 8.35. The fourth-order valence-electron chi connectivity index (χ4n) is 2.80. The van der Waals surface area contributed by atoms with Crippen molar-refractivity contribution in [1.82, 2.24) is 0 Å². The largest absolute Gasteiger partial charge is 0.496 e. The van der Waals surface area contributed by atoms with E-state index in [9.17, 15) is 5.11 Å². The van der Waals surface area contributed by atoms with Crippen molar-refractivity contribution in [3.63, 3.8) is 0 Å². The monoisotopic (exact) mass is 264 g/mol. The molecule has 2 rings (SSSR count). The quantitative estimate of drug-likeness (QED) is 0.872. The van der Waals surface area contributed by atoms with Crippen molar-refractivity contribution in [3.05, 3.63) is 23.8 Å². The van der Waals surface area contributed by atoms with Crippen LogP contribution in [0.15, 0.2) is 18.2 Å². The molecule has 3 N–H and O–H groups in total. The second-order valence-electron chi connectivity index (χ2n) is 5.29. The minimum absolute atomic E-state index is 0.0540. The fourth-order valence-corrected chi connectivity index (χ4v) is 2.80. The molecule has 106 valence electrons. The third-order valence-corrected chi connectivity index (χ3v) is 3.93. The number of ether oxygens (including phenoxy) is 1. The molecular weight excluding hydrogens is 240 g/mol. The summed E-state index contributed by atoms with van der Waals surface area (Å²) in [6.45, 7) is 4.23. The summed E-state index contributed by atoms with van der Waals surface area (Å²) < 4.78 is 5.43. The molecule has 0 radical (unpaired) electrons. The number of hydrogen-bond acceptors (Lipinski definition) is 4. The Hall–Kier alpha value is -1.26. The van der Waals surface area contributed by atoms with Gasteiger partial charge in [-0.25, -0.2) is 0 Å². The van der Waals surface area contributed by atoms with Gasteiger partial charge in [0.15, 0.2) is 0 Å². The molecule has 19 heavy (non-hydrogen) atoms. The molecule has 0 amide bonds. The van der Waals surface area contributed by atoms with Gasteiger partial charge in [0.05, 0.1) is 7.11 Å². The van der Waals surface area contributed by atoms with E-state index in [0.717, 1.165) is 37.2 Å². The predicted octanol–water partition coefficient (Wildman–Crippen LogP) is 1.92. The first-order chi connectivity index (χ1) is 9.17. The van der Waals surface area contributed by atoms with Crippen LogP contribution in [0.3, 0.4) is 0 Å². The maximum atomic E-state index is 9.21. The molecule has 0 unspecified atom stereocenters. The molecule has 1 aromatic carbocycles. The predicted molar refractivity (Wildman–Crippen MR) is 77.6 cm³/mol. The van der Waals surface area contributed by atoms with Crippen molar-refractivity contribution in [2.24, 2.45) is 11.7 Å². The molecule has 0 saturated carbocycles. The van der Waals surface area contributed by atoms with Gasteiger partial charge in [0.25, 0.3) is 0 Å². The Balaban J connectivity index is 2.25. The molecule has 1 aromatic rings. The minimum atomic E-state index is -0.0540. The number of nitrogens with zero attached hydrogens (tertiary/aromatic N) is 1. The highest BCUT2D eigenvalue weighted by Gasteiger charge is 2.23. The summed E-state index contributed by atoms with van der Waals surface area (Å²) in [6, 6.07) is 6.03. The van der Waals surface area contributed by atoms with Crippen molar-refractivity contribution < 1.29 is 9.84 Å². The van der Waals surface area contributed by atoms with Gasteiger partial charge in [-0.1, -0.05) is 6.07 Å². The normalized spacial score (nSPS) is 18.4. The van der Waals surface area contributed by atoms with E-state index in [1.165, 1.54) is 5.69 Å². The molecule has 4 heteroatoms. The summed E-state index contributed by atoms with van der Waals surface area (Å²) >= 11 is 0. The van der Waals surface area contributed by atoms with Crippen LogP contribution in [0.5, 0.6) is 5.75 Å². The standard InChI is InChI=1S/C15H24N2O2/c1-11(16)15-13(4-3-5-14(15)19-2)17-8-6-12(10-18)7-9-17/h3-5,11-12,18H,6-10,16H2,1-2H3/t11-/m1/s1. The zero-order valence-corrected chi connectivity index (χ0v) is 11.8. The third-order valence-electron chi connectivity index (χ3n) is 3.93. The lowest BCUT2D eigenvalue weighted by Gasteiger charge is -2.35. The van der Waals surface area contributed by atoms with Gasteiger partial charge in [0.1, 0.15) is 5.75 Å². The Morgan fingerprint density at radius 3 is 2.63 bits per heavy atom. The van der Waals surface area contributed by atoms with Crippen LogP contribution in [0, 0.1) is 5.92 Å². The van der Waals surface area contributed by atoms with Gasteiger partial charge >= 0.3 is 0 Å². The highest BCUT2D eigenvalue weighted by molar-refractivity contribution is 5.61. The molecule has 0 aliphatic carbocycles. The lowest BCUT2D eigenvalue weighted by molar-refractivity contribution is 0.203. The van der Waals surface area contributed by atoms with E-state index in [2.05, 4.69) is 11.0 Å². The number of benzene rings is 1. The molecule has 0 bridgehead atoms. The topological polar surface area (TPSA) is 58.7 Å². The van der Waals surface area contributed by atoms with E-state index in [-0.39, 0.29) is 6.04 Å². The number of hydrogen-bond donors (Lipinski definition) is 2. The van der Waals surface area contributed by atoms with Gasteiger partial charge in [-0.2, -0.15) is 0 Å². The molecule has 1 saturated heterocycles. The van der Waals surface area contributed by atoms with Crippen molar-refractivity contribution in [2.75, 3.05) is 31.7 Å². The lowest BCUT2D eigenvalue weighted by atomic mass is 9.96. The van der Waals surface area contributed by atoms with Crippen molar-refractivity contribution in [2.45, 2.75) is 25.8 Å². The molecule has 1 fully saturated rings. The molecular formula is C15H24N2O2. The highest BCUT2D eigenvalue weighted by atomic mass is 16.5. The smallest absolute Gasteiger partial charge is 0.125 e. The average Bonchev–Trinajstić information content (AvgIpc) is 2.46. The summed E-state index contributed by atoms with van der Waals surface area (Å²) in [5, 5.41) is 9.21. The number of piperidine rings is 1. The van der Waals surface area contributed by atoms with Crippen LogP contribution in [0.1, 0.15) is 31.4 Å². The van der Waals surface area contributed by atoms with Gasteiger partial charge in [-0.05, 0) is 37.8 Å². The fraction of sp³-hybridized carbons (Fsp3) is 0.600. The van der Waals surface area contributed by atoms with Gasteiger partial charge in [-0.3, -0.25) is 0 Å². The number of nitrogens with two attached hydrogens (primary N) is 1. The van der Waals surface area contributed by atoms with Crippen LogP contribution in [-0.4, -0.2) is 31.9 Å². The van der Waals surface area contributed by atoms with Crippen molar-refractivity contribution in [1.29, 1.82) is 0 Å². The van der Waals surface area contributed by atoms with Crippen LogP contribution in [0.2, 0.25) is 0 Å². The molecule has 0 aromatic heterocycles. The average molecular weight is 264 g/mol. The zero-order chi connectivity index (χ0) is 13.8. The van der Waals surface area contributed by atoms with Crippen LogP contribution >= 0.6 is 0 Å². The number of methoxy groups -OCH3 is 1. The molecule has 1 heterocycles. The summed E-state index contributed by atoms with van der Waals surface area (Å²) in [5.74, 6) is 1.30. The highest BCUT2D eigenvalue weighted by Crippen LogP contribution is 2.35. The Kier molecular flexibility index (Phi) is 4.66. The lowest BCUT2D eigenvalue weighted by Crippen LogP contribution is -2.35. The van der Waals surface area contributed by atoms with Crippen LogP contribution in [-0.2, 0) is 0 Å². The minimum Gasteiger partial charge on any atom is -0.496 e. The van der Waals surface area contributed by atoms with E-state index in [1.54, 1.807) is 7.11 Å². The van der Waals surface area contributed by atoms with Crippen LogP contribution in [0.4, 0.5) is 5.69 Å². The third kappa shape index (κ3) is 3.01. The molecule has 1 aliphatic rings. The molecule has 1 atom stereocenters. The van der Waals surface area contributed by atoms with Gasteiger partial charge in [0, 0.05) is 37.0 Å². The van der Waals surface area contributed by atoms with E-state index in [4.69, 9.17) is 10.5 Å². The van der Waals surface area contributed by atoms with E-state index >= 15 is 0 Å². The van der Waals surface area contributed by atoms with Crippen molar-refractivity contribution in [3.8, 4) is 5.75 Å². The summed E-state index contributed by atoms with van der Waals surface area (Å²) in [4.78, 5) is 2.35. The maximum Gasteiger partial charge on any atom is 0.125 e. The van der Waals surface area contributed by atoms with Gasteiger partial charge < -0.3 is 20.5 Å². The Bertz CT molecular complexity index is 413. The van der Waals surface area contributed by atoms with Gasteiger partial charge in [-0.15, -0.1) is 0 Å². The first kappa shape index (κ1) is 14.2. The van der Waals surface area contributed by atoms with E-state index in [0.29, 0.717) is 12.5 Å². The van der Waals surface area contributed by atoms with E-state index in [1.807, 2.05) is 19.1 Å². The number of anilines is 1. The Morgan fingerprint density at radius 2 is 2.11 bits per heavy atom. The second kappa shape index (κ2) is 6.26. The van der Waals surface area contributed by atoms with Crippen molar-refractivity contribution >= 4 is 5.69 Å². The Labute approximate surface area is 115 Å².